The normalized spacial score (nSPS) is 14.7. The lowest BCUT2D eigenvalue weighted by Crippen LogP contribution is -2.11. The average Bonchev–Trinajstić information content (AvgIpc) is 3.01. The molecule has 1 aromatic rings. The largest absolute Gasteiger partial charge is 0.367 e. The van der Waals surface area contributed by atoms with Crippen molar-refractivity contribution in [3.8, 4) is 0 Å². The van der Waals surface area contributed by atoms with Crippen LogP contribution in [0.15, 0.2) is 12.1 Å². The second-order valence-electron chi connectivity index (χ2n) is 3.42. The van der Waals surface area contributed by atoms with Gasteiger partial charge in [-0.1, -0.05) is 0 Å². The van der Waals surface area contributed by atoms with Crippen LogP contribution in [-0.4, -0.2) is 15.9 Å². The molecule has 2 rings (SSSR count). The molecule has 0 unspecified atom stereocenters. The van der Waals surface area contributed by atoms with Crippen LogP contribution in [0.2, 0.25) is 0 Å². The SMILES string of the molecule is NNc1cc([N+](=O)[O-])cc(NC2CC2)n1. The molecular weight excluding hydrogens is 198 g/mol. The molecule has 0 aliphatic heterocycles. The molecule has 15 heavy (non-hydrogen) atoms. The predicted octanol–water partition coefficient (Wildman–Crippen LogP) is 0.850. The Bertz CT molecular complexity index is 391. The molecule has 0 saturated heterocycles. The molecule has 0 bridgehead atoms. The predicted molar refractivity (Wildman–Crippen MR) is 55.3 cm³/mol. The van der Waals surface area contributed by atoms with Crippen LogP contribution in [0.1, 0.15) is 12.8 Å². The quantitative estimate of drug-likeness (QED) is 0.385. The summed E-state index contributed by atoms with van der Waals surface area (Å²) in [5.74, 6) is 5.94. The van der Waals surface area contributed by atoms with Gasteiger partial charge in [-0.2, -0.15) is 0 Å². The van der Waals surface area contributed by atoms with Gasteiger partial charge < -0.3 is 10.7 Å². The van der Waals surface area contributed by atoms with E-state index < -0.39 is 4.92 Å². The highest BCUT2D eigenvalue weighted by molar-refractivity contribution is 5.54. The first-order valence-electron chi connectivity index (χ1n) is 4.58. The lowest BCUT2D eigenvalue weighted by molar-refractivity contribution is -0.384. The second kappa shape index (κ2) is 3.70. The molecule has 1 heterocycles. The van der Waals surface area contributed by atoms with Crippen LogP contribution in [-0.2, 0) is 0 Å². The van der Waals surface area contributed by atoms with E-state index in [-0.39, 0.29) is 11.5 Å². The number of nitrogens with two attached hydrogens (primary N) is 1. The van der Waals surface area contributed by atoms with E-state index in [0.717, 1.165) is 12.8 Å². The standard InChI is InChI=1S/C8H11N5O2/c9-12-8-4-6(13(14)15)3-7(11-8)10-5-1-2-5/h3-5H,1-2,9H2,(H2,10,11,12). The Morgan fingerprint density at radius 2 is 2.13 bits per heavy atom. The van der Waals surface area contributed by atoms with Gasteiger partial charge in [0.2, 0.25) is 0 Å². The summed E-state index contributed by atoms with van der Waals surface area (Å²) in [5, 5.41) is 13.7. The van der Waals surface area contributed by atoms with Crippen molar-refractivity contribution >= 4 is 17.3 Å². The summed E-state index contributed by atoms with van der Waals surface area (Å²) in [6.45, 7) is 0. The molecule has 1 aliphatic rings. The molecule has 0 amide bonds. The van der Waals surface area contributed by atoms with Crippen molar-refractivity contribution in [2.45, 2.75) is 18.9 Å². The van der Waals surface area contributed by atoms with Gasteiger partial charge in [-0.3, -0.25) is 10.1 Å². The van der Waals surface area contributed by atoms with Crippen molar-refractivity contribution in [3.05, 3.63) is 22.2 Å². The van der Waals surface area contributed by atoms with Crippen molar-refractivity contribution in [1.82, 2.24) is 4.98 Å². The van der Waals surface area contributed by atoms with Gasteiger partial charge >= 0.3 is 0 Å². The zero-order valence-corrected chi connectivity index (χ0v) is 7.93. The molecule has 1 saturated carbocycles. The topological polar surface area (TPSA) is 106 Å². The van der Waals surface area contributed by atoms with Gasteiger partial charge in [0, 0.05) is 6.04 Å². The summed E-state index contributed by atoms with van der Waals surface area (Å²) in [6, 6.07) is 3.09. The molecule has 0 radical (unpaired) electrons. The highest BCUT2D eigenvalue weighted by atomic mass is 16.6. The fourth-order valence-corrected chi connectivity index (χ4v) is 1.21. The molecule has 1 aliphatic carbocycles. The minimum Gasteiger partial charge on any atom is -0.367 e. The number of anilines is 2. The molecular formula is C8H11N5O2. The number of nitrogens with one attached hydrogen (secondary N) is 2. The summed E-state index contributed by atoms with van der Waals surface area (Å²) in [6.07, 6.45) is 2.16. The van der Waals surface area contributed by atoms with Gasteiger partial charge in [0.25, 0.3) is 5.69 Å². The first-order valence-corrected chi connectivity index (χ1v) is 4.58. The molecule has 1 aromatic heterocycles. The number of hydrogen-bond acceptors (Lipinski definition) is 6. The van der Waals surface area contributed by atoms with Gasteiger partial charge in [0.15, 0.2) is 0 Å². The zero-order valence-electron chi connectivity index (χ0n) is 7.93. The Labute approximate surface area is 85.8 Å². The van der Waals surface area contributed by atoms with Crippen molar-refractivity contribution in [2.75, 3.05) is 10.7 Å². The monoisotopic (exact) mass is 209 g/mol. The van der Waals surface area contributed by atoms with Gasteiger partial charge in [-0.15, -0.1) is 0 Å². The van der Waals surface area contributed by atoms with Crippen LogP contribution in [0.3, 0.4) is 0 Å². The van der Waals surface area contributed by atoms with Crippen LogP contribution in [0.4, 0.5) is 17.3 Å². The maximum Gasteiger partial charge on any atom is 0.276 e. The summed E-state index contributed by atoms with van der Waals surface area (Å²) >= 11 is 0. The molecule has 1 fully saturated rings. The third kappa shape index (κ3) is 2.32. The smallest absolute Gasteiger partial charge is 0.276 e. The van der Waals surface area contributed by atoms with Crippen LogP contribution in [0.5, 0.6) is 0 Å². The maximum atomic E-state index is 10.6. The van der Waals surface area contributed by atoms with E-state index >= 15 is 0 Å². The molecule has 7 heteroatoms. The Morgan fingerprint density at radius 3 is 2.67 bits per heavy atom. The van der Waals surface area contributed by atoms with Crippen LogP contribution < -0.4 is 16.6 Å². The molecule has 7 nitrogen and oxygen atoms in total. The summed E-state index contributed by atoms with van der Waals surface area (Å²) < 4.78 is 0. The Balaban J connectivity index is 2.27. The van der Waals surface area contributed by atoms with Gasteiger partial charge in [-0.05, 0) is 12.8 Å². The van der Waals surface area contributed by atoms with Crippen LogP contribution in [0.25, 0.3) is 0 Å². The fraction of sp³-hybridized carbons (Fsp3) is 0.375. The number of pyridine rings is 1. The van der Waals surface area contributed by atoms with E-state index in [1.165, 1.54) is 12.1 Å². The molecule has 4 N–H and O–H groups in total. The van der Waals surface area contributed by atoms with Crippen molar-refractivity contribution < 1.29 is 4.92 Å². The Morgan fingerprint density at radius 1 is 1.47 bits per heavy atom. The summed E-state index contributed by atoms with van der Waals surface area (Å²) in [4.78, 5) is 14.2. The van der Waals surface area contributed by atoms with E-state index in [9.17, 15) is 10.1 Å². The second-order valence-corrected chi connectivity index (χ2v) is 3.42. The lowest BCUT2D eigenvalue weighted by Gasteiger charge is -2.05. The summed E-state index contributed by atoms with van der Waals surface area (Å²) in [7, 11) is 0. The van der Waals surface area contributed by atoms with E-state index in [2.05, 4.69) is 15.7 Å². The molecule has 0 aromatic carbocycles. The number of hydrogen-bond donors (Lipinski definition) is 3. The molecule has 0 atom stereocenters. The highest BCUT2D eigenvalue weighted by Crippen LogP contribution is 2.26. The first kappa shape index (κ1) is 9.66. The molecule has 80 valence electrons. The van der Waals surface area contributed by atoms with Crippen LogP contribution in [0, 0.1) is 10.1 Å². The zero-order chi connectivity index (χ0) is 10.8. The van der Waals surface area contributed by atoms with E-state index in [1.807, 2.05) is 0 Å². The van der Waals surface area contributed by atoms with Crippen LogP contribution >= 0.6 is 0 Å². The van der Waals surface area contributed by atoms with Crippen molar-refractivity contribution in [2.24, 2.45) is 5.84 Å². The first-order chi connectivity index (χ1) is 7.19. The van der Waals surface area contributed by atoms with Gasteiger partial charge in [-0.25, -0.2) is 10.8 Å². The number of aromatic nitrogens is 1. The minimum atomic E-state index is -0.472. The average molecular weight is 209 g/mol. The number of nitrogen functional groups attached to an aromatic ring is 1. The number of nitro groups is 1. The minimum absolute atomic E-state index is 0.0268. The molecule has 0 spiro atoms. The number of hydrazine groups is 1. The van der Waals surface area contributed by atoms with E-state index in [1.54, 1.807) is 0 Å². The highest BCUT2D eigenvalue weighted by Gasteiger charge is 2.22. The number of rotatable bonds is 4. The summed E-state index contributed by atoms with van der Waals surface area (Å²) in [5.41, 5.74) is 2.27. The number of nitrogens with zero attached hydrogens (tertiary/aromatic N) is 2. The van der Waals surface area contributed by atoms with Crippen molar-refractivity contribution in [1.29, 1.82) is 0 Å². The van der Waals surface area contributed by atoms with E-state index in [4.69, 9.17) is 5.84 Å². The fourth-order valence-electron chi connectivity index (χ4n) is 1.21. The maximum absolute atomic E-state index is 10.6. The third-order valence-electron chi connectivity index (χ3n) is 2.10. The Hall–Kier alpha value is -1.89. The van der Waals surface area contributed by atoms with E-state index in [0.29, 0.717) is 11.9 Å². The van der Waals surface area contributed by atoms with Gasteiger partial charge in [0.1, 0.15) is 11.6 Å². The Kier molecular flexibility index (Phi) is 2.38. The third-order valence-corrected chi connectivity index (χ3v) is 2.10. The van der Waals surface area contributed by atoms with Gasteiger partial charge in [0.05, 0.1) is 17.1 Å². The van der Waals surface area contributed by atoms with Crippen molar-refractivity contribution in [3.63, 3.8) is 0 Å². The lowest BCUT2D eigenvalue weighted by atomic mass is 10.3.